The van der Waals surface area contributed by atoms with Crippen LogP contribution in [0.15, 0.2) is 24.5 Å². The Balaban J connectivity index is 2.48. The van der Waals surface area contributed by atoms with Gasteiger partial charge in [-0.15, -0.1) is 0 Å². The molecule has 0 bridgehead atoms. The average Bonchev–Trinajstić information content (AvgIpc) is 2.42. The standard InChI is InChI=1S/C11H9ClFN5O2/c1-14-10-9(18(19)20)11(16-5-15-10)17-8-4-6(12)2-3-7(8)13/h2-5H,1H3,(H2,14,15,16,17). The molecule has 20 heavy (non-hydrogen) atoms. The summed E-state index contributed by atoms with van der Waals surface area (Å²) in [6, 6.07) is 3.83. The minimum atomic E-state index is -0.656. The number of hydrogen-bond donors (Lipinski definition) is 2. The van der Waals surface area contributed by atoms with E-state index in [2.05, 4.69) is 20.6 Å². The van der Waals surface area contributed by atoms with Crippen LogP contribution in [0.5, 0.6) is 0 Å². The molecule has 0 spiro atoms. The van der Waals surface area contributed by atoms with Gasteiger partial charge in [0.25, 0.3) is 0 Å². The van der Waals surface area contributed by atoms with Gasteiger partial charge in [0.1, 0.15) is 12.1 Å². The molecule has 0 saturated carbocycles. The molecule has 1 aromatic carbocycles. The highest BCUT2D eigenvalue weighted by molar-refractivity contribution is 6.30. The quantitative estimate of drug-likeness (QED) is 0.665. The van der Waals surface area contributed by atoms with Crippen LogP contribution in [0.25, 0.3) is 0 Å². The highest BCUT2D eigenvalue weighted by atomic mass is 35.5. The summed E-state index contributed by atoms with van der Waals surface area (Å²) in [5.41, 5.74) is -0.393. The lowest BCUT2D eigenvalue weighted by atomic mass is 10.3. The fraction of sp³-hybridized carbons (Fsp3) is 0.0909. The zero-order valence-corrected chi connectivity index (χ0v) is 11.0. The maximum absolute atomic E-state index is 13.6. The average molecular weight is 298 g/mol. The van der Waals surface area contributed by atoms with Crippen molar-refractivity contribution in [3.63, 3.8) is 0 Å². The van der Waals surface area contributed by atoms with E-state index < -0.39 is 10.7 Å². The molecule has 1 heterocycles. The topological polar surface area (TPSA) is 93.0 Å². The second-order valence-corrected chi connectivity index (χ2v) is 4.11. The lowest BCUT2D eigenvalue weighted by Gasteiger charge is -2.09. The maximum Gasteiger partial charge on any atom is 0.353 e. The summed E-state index contributed by atoms with van der Waals surface area (Å²) in [5.74, 6) is -0.709. The molecule has 1 aromatic heterocycles. The van der Waals surface area contributed by atoms with E-state index in [9.17, 15) is 14.5 Å². The molecule has 0 aliphatic carbocycles. The molecule has 104 valence electrons. The molecule has 7 nitrogen and oxygen atoms in total. The molecular formula is C11H9ClFN5O2. The highest BCUT2D eigenvalue weighted by Crippen LogP contribution is 2.32. The van der Waals surface area contributed by atoms with Gasteiger partial charge < -0.3 is 10.6 Å². The molecule has 2 rings (SSSR count). The first-order chi connectivity index (χ1) is 9.52. The van der Waals surface area contributed by atoms with Crippen molar-refractivity contribution in [3.05, 3.63) is 45.5 Å². The van der Waals surface area contributed by atoms with Gasteiger partial charge >= 0.3 is 5.69 Å². The Morgan fingerprint density at radius 2 is 2.05 bits per heavy atom. The van der Waals surface area contributed by atoms with Gasteiger partial charge in [0.15, 0.2) is 0 Å². The minimum Gasteiger partial charge on any atom is -0.367 e. The fourth-order valence-electron chi connectivity index (χ4n) is 1.55. The van der Waals surface area contributed by atoms with E-state index in [1.165, 1.54) is 19.2 Å². The van der Waals surface area contributed by atoms with Crippen molar-refractivity contribution in [2.45, 2.75) is 0 Å². The van der Waals surface area contributed by atoms with Gasteiger partial charge in [-0.2, -0.15) is 0 Å². The number of nitrogens with one attached hydrogen (secondary N) is 2. The van der Waals surface area contributed by atoms with Crippen molar-refractivity contribution in [1.82, 2.24) is 9.97 Å². The van der Waals surface area contributed by atoms with Gasteiger partial charge in [0, 0.05) is 12.1 Å². The number of aromatic nitrogens is 2. The molecule has 0 saturated heterocycles. The third-order valence-electron chi connectivity index (χ3n) is 2.42. The van der Waals surface area contributed by atoms with Crippen molar-refractivity contribution < 1.29 is 9.31 Å². The van der Waals surface area contributed by atoms with E-state index >= 15 is 0 Å². The largest absolute Gasteiger partial charge is 0.367 e. The molecule has 0 amide bonds. The Hall–Kier alpha value is -2.48. The van der Waals surface area contributed by atoms with Crippen LogP contribution >= 0.6 is 11.6 Å². The summed E-state index contributed by atoms with van der Waals surface area (Å²) in [6.45, 7) is 0. The SMILES string of the molecule is CNc1ncnc(Nc2cc(Cl)ccc2F)c1[N+](=O)[O-]. The van der Waals surface area contributed by atoms with Crippen molar-refractivity contribution in [3.8, 4) is 0 Å². The molecule has 0 unspecified atom stereocenters. The van der Waals surface area contributed by atoms with Gasteiger partial charge in [-0.25, -0.2) is 14.4 Å². The molecule has 2 N–H and O–H groups in total. The van der Waals surface area contributed by atoms with Crippen molar-refractivity contribution in [1.29, 1.82) is 0 Å². The van der Waals surface area contributed by atoms with Gasteiger partial charge in [0.05, 0.1) is 10.6 Å². The van der Waals surface area contributed by atoms with Gasteiger partial charge in [0.2, 0.25) is 11.6 Å². The summed E-state index contributed by atoms with van der Waals surface area (Å²) in [5, 5.41) is 16.5. The number of hydrogen-bond acceptors (Lipinski definition) is 6. The van der Waals surface area contributed by atoms with Crippen LogP contribution < -0.4 is 10.6 Å². The van der Waals surface area contributed by atoms with Crippen LogP contribution in [0.3, 0.4) is 0 Å². The van der Waals surface area contributed by atoms with Crippen LogP contribution in [0.1, 0.15) is 0 Å². The smallest absolute Gasteiger partial charge is 0.353 e. The maximum atomic E-state index is 13.6. The number of nitro groups is 1. The fourth-order valence-corrected chi connectivity index (χ4v) is 1.72. The van der Waals surface area contributed by atoms with E-state index in [0.717, 1.165) is 12.4 Å². The third kappa shape index (κ3) is 2.75. The van der Waals surface area contributed by atoms with Crippen LogP contribution in [-0.4, -0.2) is 21.9 Å². The first kappa shape index (κ1) is 13.9. The molecule has 0 aliphatic heterocycles. The highest BCUT2D eigenvalue weighted by Gasteiger charge is 2.22. The van der Waals surface area contributed by atoms with Crippen molar-refractivity contribution in [2.24, 2.45) is 0 Å². The Morgan fingerprint density at radius 1 is 1.35 bits per heavy atom. The predicted molar refractivity (Wildman–Crippen MR) is 72.9 cm³/mol. The molecule has 0 aliphatic rings. The summed E-state index contributed by atoms with van der Waals surface area (Å²) >= 11 is 5.76. The van der Waals surface area contributed by atoms with Crippen LogP contribution in [0.4, 0.5) is 27.4 Å². The van der Waals surface area contributed by atoms with Crippen LogP contribution in [-0.2, 0) is 0 Å². The Morgan fingerprint density at radius 3 is 2.70 bits per heavy atom. The van der Waals surface area contributed by atoms with Gasteiger partial charge in [-0.1, -0.05) is 11.6 Å². The Bertz CT molecular complexity index is 667. The van der Waals surface area contributed by atoms with Gasteiger partial charge in [-0.3, -0.25) is 10.1 Å². The second kappa shape index (κ2) is 5.66. The minimum absolute atomic E-state index is 0.0126. The summed E-state index contributed by atoms with van der Waals surface area (Å²) < 4.78 is 13.6. The lowest BCUT2D eigenvalue weighted by Crippen LogP contribution is -2.06. The number of halogens is 2. The molecule has 0 atom stereocenters. The number of anilines is 3. The second-order valence-electron chi connectivity index (χ2n) is 3.68. The van der Waals surface area contributed by atoms with E-state index in [1.807, 2.05) is 0 Å². The molecule has 2 aromatic rings. The van der Waals surface area contributed by atoms with Crippen LogP contribution in [0, 0.1) is 15.9 Å². The molecule has 0 radical (unpaired) electrons. The Kier molecular flexibility index (Phi) is 3.94. The molecular weight excluding hydrogens is 289 g/mol. The normalized spacial score (nSPS) is 10.2. The first-order valence-corrected chi connectivity index (χ1v) is 5.80. The number of nitrogens with zero attached hydrogens (tertiary/aromatic N) is 3. The summed E-state index contributed by atoms with van der Waals surface area (Å²) in [4.78, 5) is 17.9. The zero-order chi connectivity index (χ0) is 14.7. The Labute approximate surface area is 118 Å². The molecule has 0 fully saturated rings. The number of rotatable bonds is 4. The molecule has 9 heteroatoms. The van der Waals surface area contributed by atoms with Crippen molar-refractivity contribution in [2.75, 3.05) is 17.7 Å². The summed E-state index contributed by atoms with van der Waals surface area (Å²) in [7, 11) is 1.49. The lowest BCUT2D eigenvalue weighted by molar-refractivity contribution is -0.383. The van der Waals surface area contributed by atoms with E-state index in [0.29, 0.717) is 5.02 Å². The number of benzene rings is 1. The first-order valence-electron chi connectivity index (χ1n) is 5.42. The van der Waals surface area contributed by atoms with E-state index in [4.69, 9.17) is 11.6 Å². The summed E-state index contributed by atoms with van der Waals surface area (Å²) in [6.07, 6.45) is 1.13. The van der Waals surface area contributed by atoms with E-state index in [1.54, 1.807) is 0 Å². The predicted octanol–water partition coefficient (Wildman–Crippen LogP) is 2.96. The monoisotopic (exact) mass is 297 g/mol. The van der Waals surface area contributed by atoms with E-state index in [-0.39, 0.29) is 23.0 Å². The van der Waals surface area contributed by atoms with Crippen LogP contribution in [0.2, 0.25) is 5.02 Å². The van der Waals surface area contributed by atoms with Crippen molar-refractivity contribution >= 4 is 34.6 Å². The van der Waals surface area contributed by atoms with Gasteiger partial charge in [-0.05, 0) is 18.2 Å². The third-order valence-corrected chi connectivity index (χ3v) is 2.66. The zero-order valence-electron chi connectivity index (χ0n) is 10.2.